The highest BCUT2D eigenvalue weighted by molar-refractivity contribution is 9.10. The molecule has 1 aromatic rings. The number of aromatic carboxylic acids is 1. The second kappa shape index (κ2) is 7.07. The molecular weight excluding hydrogens is 342 g/mol. The van der Waals surface area contributed by atoms with Crippen LogP contribution >= 0.6 is 15.9 Å². The lowest BCUT2D eigenvalue weighted by atomic mass is 10.2. The normalized spacial score (nSPS) is 11.4. The van der Waals surface area contributed by atoms with Crippen molar-refractivity contribution in [3.8, 4) is 0 Å². The van der Waals surface area contributed by atoms with Crippen LogP contribution in [0.4, 0.5) is 10.5 Å². The van der Waals surface area contributed by atoms with Gasteiger partial charge in [0.15, 0.2) is 0 Å². The number of urea groups is 1. The number of nitrogens with one attached hydrogen (secondary N) is 2. The Kier molecular flexibility index (Phi) is 5.71. The second-order valence-corrected chi connectivity index (χ2v) is 5.41. The van der Waals surface area contributed by atoms with Crippen molar-refractivity contribution < 1.29 is 19.5 Å². The number of carbonyl (C=O) groups is 3. The van der Waals surface area contributed by atoms with Gasteiger partial charge < -0.3 is 20.6 Å². The van der Waals surface area contributed by atoms with Crippen molar-refractivity contribution in [2.75, 3.05) is 19.4 Å². The smallest absolute Gasteiger partial charge is 0.336 e. The summed E-state index contributed by atoms with van der Waals surface area (Å²) in [6.45, 7) is 1.56. The lowest BCUT2D eigenvalue weighted by Crippen LogP contribution is -2.45. The minimum atomic E-state index is -1.11. The summed E-state index contributed by atoms with van der Waals surface area (Å²) in [5.41, 5.74) is 0.350. The Balaban J connectivity index is 2.74. The van der Waals surface area contributed by atoms with Crippen LogP contribution in [0.15, 0.2) is 22.7 Å². The van der Waals surface area contributed by atoms with Gasteiger partial charge in [0, 0.05) is 24.3 Å². The third kappa shape index (κ3) is 4.75. The molecule has 1 unspecified atom stereocenters. The molecule has 3 amide bonds. The number of carboxylic acids is 1. The maximum absolute atomic E-state index is 11.8. The monoisotopic (exact) mass is 357 g/mol. The van der Waals surface area contributed by atoms with E-state index in [1.807, 2.05) is 0 Å². The Morgan fingerprint density at radius 2 is 1.90 bits per heavy atom. The summed E-state index contributed by atoms with van der Waals surface area (Å²) in [4.78, 5) is 35.7. The largest absolute Gasteiger partial charge is 0.478 e. The first kappa shape index (κ1) is 17.0. The van der Waals surface area contributed by atoms with Crippen molar-refractivity contribution >= 4 is 39.5 Å². The second-order valence-electron chi connectivity index (χ2n) is 4.55. The van der Waals surface area contributed by atoms with Gasteiger partial charge in [0.1, 0.15) is 6.04 Å². The molecule has 0 fully saturated rings. The Labute approximate surface area is 130 Å². The molecule has 114 valence electrons. The highest BCUT2D eigenvalue weighted by atomic mass is 79.9. The quantitative estimate of drug-likeness (QED) is 0.764. The van der Waals surface area contributed by atoms with E-state index in [9.17, 15) is 14.4 Å². The zero-order chi connectivity index (χ0) is 16.2. The van der Waals surface area contributed by atoms with Crippen LogP contribution in [0.2, 0.25) is 0 Å². The lowest BCUT2D eigenvalue weighted by molar-refractivity contribution is -0.130. The van der Waals surface area contributed by atoms with Crippen molar-refractivity contribution in [2.24, 2.45) is 0 Å². The molecule has 0 aliphatic carbocycles. The molecule has 7 nitrogen and oxygen atoms in total. The Hall–Kier alpha value is -2.09. The van der Waals surface area contributed by atoms with Gasteiger partial charge in [-0.2, -0.15) is 0 Å². The van der Waals surface area contributed by atoms with Crippen LogP contribution in [0, 0.1) is 0 Å². The van der Waals surface area contributed by atoms with Crippen molar-refractivity contribution in [1.29, 1.82) is 0 Å². The van der Waals surface area contributed by atoms with E-state index in [0.29, 0.717) is 10.2 Å². The predicted molar refractivity (Wildman–Crippen MR) is 81.4 cm³/mol. The number of nitrogens with zero attached hydrogens (tertiary/aromatic N) is 1. The van der Waals surface area contributed by atoms with Crippen molar-refractivity contribution in [3.63, 3.8) is 0 Å². The number of anilines is 1. The molecule has 1 rings (SSSR count). The molecule has 0 spiro atoms. The third-order valence-corrected chi connectivity index (χ3v) is 3.30. The van der Waals surface area contributed by atoms with Gasteiger partial charge in [-0.05, 0) is 41.1 Å². The van der Waals surface area contributed by atoms with E-state index in [0.717, 1.165) is 0 Å². The Bertz CT molecular complexity index is 575. The zero-order valence-corrected chi connectivity index (χ0v) is 13.4. The van der Waals surface area contributed by atoms with E-state index in [1.165, 1.54) is 17.0 Å². The number of carboxylic acid groups (broad SMARTS) is 1. The van der Waals surface area contributed by atoms with E-state index in [2.05, 4.69) is 26.6 Å². The van der Waals surface area contributed by atoms with Crippen LogP contribution in [-0.2, 0) is 4.79 Å². The molecule has 0 saturated heterocycles. The van der Waals surface area contributed by atoms with Gasteiger partial charge in [0.2, 0.25) is 5.91 Å². The molecule has 0 aliphatic heterocycles. The van der Waals surface area contributed by atoms with Gasteiger partial charge in [-0.15, -0.1) is 0 Å². The molecule has 0 aliphatic rings. The van der Waals surface area contributed by atoms with Crippen LogP contribution in [0.5, 0.6) is 0 Å². The van der Waals surface area contributed by atoms with Crippen LogP contribution in [0.25, 0.3) is 0 Å². The highest BCUT2D eigenvalue weighted by Gasteiger charge is 2.17. The van der Waals surface area contributed by atoms with E-state index < -0.39 is 18.0 Å². The van der Waals surface area contributed by atoms with Gasteiger partial charge in [0.05, 0.1) is 5.56 Å². The van der Waals surface area contributed by atoms with E-state index in [1.54, 1.807) is 27.1 Å². The number of rotatable bonds is 4. The topological polar surface area (TPSA) is 98.7 Å². The Morgan fingerprint density at radius 1 is 1.29 bits per heavy atom. The van der Waals surface area contributed by atoms with Crippen LogP contribution in [-0.4, -0.2) is 48.1 Å². The van der Waals surface area contributed by atoms with Gasteiger partial charge >= 0.3 is 12.0 Å². The van der Waals surface area contributed by atoms with Crippen molar-refractivity contribution in [3.05, 3.63) is 28.2 Å². The minimum absolute atomic E-state index is 0.0326. The van der Waals surface area contributed by atoms with Crippen LogP contribution in [0.3, 0.4) is 0 Å². The summed E-state index contributed by atoms with van der Waals surface area (Å²) in [6, 6.07) is 3.12. The Morgan fingerprint density at radius 3 is 2.43 bits per heavy atom. The fraction of sp³-hybridized carbons (Fsp3) is 0.308. The van der Waals surface area contributed by atoms with E-state index in [-0.39, 0.29) is 11.5 Å². The van der Waals surface area contributed by atoms with Crippen LogP contribution < -0.4 is 10.6 Å². The number of hydrogen-bond donors (Lipinski definition) is 3. The number of amides is 3. The number of likely N-dealkylation sites (N-methyl/N-ethyl adjacent to an activating group) is 1. The summed E-state index contributed by atoms with van der Waals surface area (Å²) < 4.78 is 0.414. The zero-order valence-electron chi connectivity index (χ0n) is 11.8. The number of carbonyl (C=O) groups excluding carboxylic acids is 2. The number of halogens is 1. The first-order valence-electron chi connectivity index (χ1n) is 6.04. The van der Waals surface area contributed by atoms with Crippen molar-refractivity contribution in [2.45, 2.75) is 13.0 Å². The maximum Gasteiger partial charge on any atom is 0.336 e. The van der Waals surface area contributed by atoms with E-state index >= 15 is 0 Å². The molecule has 0 bridgehead atoms. The standard InChI is InChI=1S/C13H16BrN3O4/c1-7(11(18)17(2)3)15-13(21)16-8-4-5-10(14)9(6-8)12(19)20/h4-7H,1-3H3,(H,19,20)(H2,15,16,21). The van der Waals surface area contributed by atoms with Gasteiger partial charge in [-0.1, -0.05) is 0 Å². The summed E-state index contributed by atoms with van der Waals surface area (Å²) in [6.07, 6.45) is 0. The number of benzene rings is 1. The SMILES string of the molecule is CC(NC(=O)Nc1ccc(Br)c(C(=O)O)c1)C(=O)N(C)C. The first-order valence-corrected chi connectivity index (χ1v) is 6.83. The predicted octanol–water partition coefficient (Wildman–Crippen LogP) is 1.75. The molecule has 0 radical (unpaired) electrons. The molecule has 0 heterocycles. The minimum Gasteiger partial charge on any atom is -0.478 e. The summed E-state index contributed by atoms with van der Waals surface area (Å²) >= 11 is 3.11. The van der Waals surface area contributed by atoms with Gasteiger partial charge in [-0.3, -0.25) is 4.79 Å². The summed E-state index contributed by atoms with van der Waals surface area (Å²) in [5.74, 6) is -1.35. The molecule has 1 atom stereocenters. The molecule has 1 aromatic carbocycles. The average Bonchev–Trinajstić information content (AvgIpc) is 2.39. The van der Waals surface area contributed by atoms with Gasteiger partial charge in [0.25, 0.3) is 0 Å². The number of hydrogen-bond acceptors (Lipinski definition) is 3. The molecule has 0 saturated carbocycles. The summed E-state index contributed by atoms with van der Waals surface area (Å²) in [7, 11) is 3.18. The third-order valence-electron chi connectivity index (χ3n) is 2.61. The molecular formula is C13H16BrN3O4. The van der Waals surface area contributed by atoms with Crippen LogP contribution in [0.1, 0.15) is 17.3 Å². The van der Waals surface area contributed by atoms with Crippen molar-refractivity contribution in [1.82, 2.24) is 10.2 Å². The molecule has 3 N–H and O–H groups in total. The molecule has 21 heavy (non-hydrogen) atoms. The van der Waals surface area contributed by atoms with Gasteiger partial charge in [-0.25, -0.2) is 9.59 Å². The highest BCUT2D eigenvalue weighted by Crippen LogP contribution is 2.21. The fourth-order valence-electron chi connectivity index (χ4n) is 1.58. The molecule has 0 aromatic heterocycles. The summed E-state index contributed by atoms with van der Waals surface area (Å²) in [5, 5.41) is 14.0. The maximum atomic E-state index is 11.8. The van der Waals surface area contributed by atoms with E-state index in [4.69, 9.17) is 5.11 Å². The lowest BCUT2D eigenvalue weighted by Gasteiger charge is -2.18. The average molecular weight is 358 g/mol. The molecule has 8 heteroatoms. The first-order chi connectivity index (χ1) is 9.72. The fourth-order valence-corrected chi connectivity index (χ4v) is 2.00.